The SMILES string of the molecule is CCC(=O)CCCCCCCNC(=O)CN(C)C(C)C. The first-order valence-corrected chi connectivity index (χ1v) is 7.96. The Morgan fingerprint density at radius 2 is 1.65 bits per heavy atom. The van der Waals surface area contributed by atoms with Gasteiger partial charge in [-0.15, -0.1) is 0 Å². The van der Waals surface area contributed by atoms with Gasteiger partial charge < -0.3 is 5.32 Å². The van der Waals surface area contributed by atoms with Crippen molar-refractivity contribution in [3.63, 3.8) is 0 Å². The Morgan fingerprint density at radius 1 is 1.05 bits per heavy atom. The van der Waals surface area contributed by atoms with Crippen molar-refractivity contribution in [2.24, 2.45) is 0 Å². The molecule has 0 heterocycles. The summed E-state index contributed by atoms with van der Waals surface area (Å²) in [6, 6.07) is 0.395. The van der Waals surface area contributed by atoms with E-state index in [2.05, 4.69) is 19.2 Å². The van der Waals surface area contributed by atoms with Crippen LogP contribution < -0.4 is 5.32 Å². The van der Waals surface area contributed by atoms with Crippen LogP contribution in [0.15, 0.2) is 0 Å². The van der Waals surface area contributed by atoms with Crippen LogP contribution in [-0.2, 0) is 9.59 Å². The predicted octanol–water partition coefficient (Wildman–Crippen LogP) is 2.76. The monoisotopic (exact) mass is 284 g/mol. The van der Waals surface area contributed by atoms with E-state index >= 15 is 0 Å². The molecule has 0 spiro atoms. The van der Waals surface area contributed by atoms with Gasteiger partial charge in [0.1, 0.15) is 5.78 Å². The smallest absolute Gasteiger partial charge is 0.234 e. The van der Waals surface area contributed by atoms with Crippen LogP contribution in [0, 0.1) is 0 Å². The number of amides is 1. The van der Waals surface area contributed by atoms with E-state index in [1.54, 1.807) is 0 Å². The first-order valence-electron chi connectivity index (χ1n) is 7.96. The summed E-state index contributed by atoms with van der Waals surface area (Å²) in [5.74, 6) is 0.473. The second-order valence-corrected chi connectivity index (χ2v) is 5.77. The summed E-state index contributed by atoms with van der Waals surface area (Å²) in [6.07, 6.45) is 6.83. The molecule has 0 aliphatic rings. The quantitative estimate of drug-likeness (QED) is 0.561. The molecule has 0 bridgehead atoms. The average molecular weight is 284 g/mol. The average Bonchev–Trinajstić information content (AvgIpc) is 2.41. The van der Waals surface area contributed by atoms with Gasteiger partial charge in [0.05, 0.1) is 6.54 Å². The fourth-order valence-corrected chi connectivity index (χ4v) is 1.85. The molecule has 0 unspecified atom stereocenters. The third-order valence-electron chi connectivity index (χ3n) is 3.62. The van der Waals surface area contributed by atoms with Gasteiger partial charge in [-0.25, -0.2) is 0 Å². The van der Waals surface area contributed by atoms with Gasteiger partial charge in [0.2, 0.25) is 5.91 Å². The molecule has 20 heavy (non-hydrogen) atoms. The van der Waals surface area contributed by atoms with Crippen molar-refractivity contribution in [1.29, 1.82) is 0 Å². The zero-order valence-electron chi connectivity index (χ0n) is 13.7. The lowest BCUT2D eigenvalue weighted by Crippen LogP contribution is -2.38. The molecular formula is C16H32N2O2. The fraction of sp³-hybridized carbons (Fsp3) is 0.875. The molecule has 0 radical (unpaired) electrons. The van der Waals surface area contributed by atoms with Crippen LogP contribution in [-0.4, -0.2) is 42.8 Å². The number of unbranched alkanes of at least 4 members (excludes halogenated alkanes) is 4. The number of hydrogen-bond acceptors (Lipinski definition) is 3. The highest BCUT2D eigenvalue weighted by Gasteiger charge is 2.08. The highest BCUT2D eigenvalue weighted by molar-refractivity contribution is 5.78. The van der Waals surface area contributed by atoms with Crippen LogP contribution in [0.4, 0.5) is 0 Å². The van der Waals surface area contributed by atoms with E-state index < -0.39 is 0 Å². The van der Waals surface area contributed by atoms with Gasteiger partial charge in [0.25, 0.3) is 0 Å². The molecule has 0 aromatic rings. The van der Waals surface area contributed by atoms with Crippen LogP contribution in [0.1, 0.15) is 65.7 Å². The molecule has 0 atom stereocenters. The number of nitrogens with one attached hydrogen (secondary N) is 1. The van der Waals surface area contributed by atoms with Crippen molar-refractivity contribution < 1.29 is 9.59 Å². The topological polar surface area (TPSA) is 49.4 Å². The fourth-order valence-electron chi connectivity index (χ4n) is 1.85. The summed E-state index contributed by atoms with van der Waals surface area (Å²) < 4.78 is 0. The minimum Gasteiger partial charge on any atom is -0.355 e. The number of rotatable bonds is 12. The standard InChI is InChI=1S/C16H32N2O2/c1-5-15(19)11-9-7-6-8-10-12-17-16(20)13-18(4)14(2)3/h14H,5-13H2,1-4H3,(H,17,20). The lowest BCUT2D eigenvalue weighted by atomic mass is 10.1. The van der Waals surface area contributed by atoms with E-state index in [4.69, 9.17) is 0 Å². The van der Waals surface area contributed by atoms with Crippen molar-refractivity contribution in [1.82, 2.24) is 10.2 Å². The summed E-state index contributed by atoms with van der Waals surface area (Å²) in [4.78, 5) is 24.7. The lowest BCUT2D eigenvalue weighted by Gasteiger charge is -2.20. The van der Waals surface area contributed by atoms with Gasteiger partial charge in [-0.3, -0.25) is 14.5 Å². The number of carbonyl (C=O) groups excluding carboxylic acids is 2. The molecule has 0 aromatic heterocycles. The Morgan fingerprint density at radius 3 is 2.25 bits per heavy atom. The summed E-state index contributed by atoms with van der Waals surface area (Å²) in [6.45, 7) is 7.31. The van der Waals surface area contributed by atoms with Gasteiger partial charge in [-0.1, -0.05) is 26.2 Å². The van der Waals surface area contributed by atoms with Crippen molar-refractivity contribution in [2.45, 2.75) is 71.8 Å². The van der Waals surface area contributed by atoms with Gasteiger partial charge in [0.15, 0.2) is 0 Å². The molecule has 4 nitrogen and oxygen atoms in total. The molecule has 0 rings (SSSR count). The predicted molar refractivity (Wildman–Crippen MR) is 83.8 cm³/mol. The van der Waals surface area contributed by atoms with E-state index in [0.29, 0.717) is 24.8 Å². The highest BCUT2D eigenvalue weighted by atomic mass is 16.2. The van der Waals surface area contributed by atoms with Gasteiger partial charge in [-0.05, 0) is 33.7 Å². The van der Waals surface area contributed by atoms with E-state index in [1.165, 1.54) is 0 Å². The largest absolute Gasteiger partial charge is 0.355 e. The zero-order chi connectivity index (χ0) is 15.4. The molecule has 0 aromatic carbocycles. The van der Waals surface area contributed by atoms with Crippen LogP contribution >= 0.6 is 0 Å². The summed E-state index contributed by atoms with van der Waals surface area (Å²) in [7, 11) is 1.96. The molecule has 118 valence electrons. The minimum atomic E-state index is 0.106. The van der Waals surface area contributed by atoms with Crippen molar-refractivity contribution >= 4 is 11.7 Å². The minimum absolute atomic E-state index is 0.106. The first kappa shape index (κ1) is 19.1. The van der Waals surface area contributed by atoms with E-state index in [9.17, 15) is 9.59 Å². The third kappa shape index (κ3) is 11.0. The number of carbonyl (C=O) groups is 2. The second kappa shape index (κ2) is 11.9. The van der Waals surface area contributed by atoms with Crippen molar-refractivity contribution in [3.05, 3.63) is 0 Å². The van der Waals surface area contributed by atoms with Gasteiger partial charge >= 0.3 is 0 Å². The van der Waals surface area contributed by atoms with Crippen LogP contribution in [0.2, 0.25) is 0 Å². The van der Waals surface area contributed by atoms with E-state index in [-0.39, 0.29) is 5.91 Å². The summed E-state index contributed by atoms with van der Waals surface area (Å²) in [5, 5.41) is 2.95. The second-order valence-electron chi connectivity index (χ2n) is 5.77. The molecule has 0 saturated heterocycles. The Kier molecular flexibility index (Phi) is 11.4. The first-order chi connectivity index (χ1) is 9.47. The van der Waals surface area contributed by atoms with Crippen molar-refractivity contribution in [3.8, 4) is 0 Å². The molecular weight excluding hydrogens is 252 g/mol. The molecule has 0 aliphatic carbocycles. The normalized spacial score (nSPS) is 11.1. The number of ketones is 1. The lowest BCUT2D eigenvalue weighted by molar-refractivity contribution is -0.122. The maximum absolute atomic E-state index is 11.6. The van der Waals surface area contributed by atoms with Gasteiger partial charge in [-0.2, -0.15) is 0 Å². The molecule has 0 fully saturated rings. The zero-order valence-corrected chi connectivity index (χ0v) is 13.7. The Labute approximate surface area is 124 Å². The van der Waals surface area contributed by atoms with E-state index in [1.807, 2.05) is 18.9 Å². The number of likely N-dealkylation sites (N-methyl/N-ethyl adjacent to an activating group) is 1. The summed E-state index contributed by atoms with van der Waals surface area (Å²) >= 11 is 0. The van der Waals surface area contributed by atoms with Crippen LogP contribution in [0.5, 0.6) is 0 Å². The van der Waals surface area contributed by atoms with E-state index in [0.717, 1.165) is 45.1 Å². The van der Waals surface area contributed by atoms with Crippen LogP contribution in [0.3, 0.4) is 0 Å². The number of Topliss-reactive ketones (excluding diaryl/α,β-unsaturated/α-hetero) is 1. The summed E-state index contributed by atoms with van der Waals surface area (Å²) in [5.41, 5.74) is 0. The number of nitrogens with zero attached hydrogens (tertiary/aromatic N) is 1. The molecule has 1 N–H and O–H groups in total. The molecule has 0 aliphatic heterocycles. The highest BCUT2D eigenvalue weighted by Crippen LogP contribution is 2.06. The molecule has 4 heteroatoms. The Hall–Kier alpha value is -0.900. The molecule has 0 saturated carbocycles. The van der Waals surface area contributed by atoms with Crippen molar-refractivity contribution in [2.75, 3.05) is 20.1 Å². The maximum Gasteiger partial charge on any atom is 0.234 e. The third-order valence-corrected chi connectivity index (χ3v) is 3.62. The number of hydrogen-bond donors (Lipinski definition) is 1. The maximum atomic E-state index is 11.6. The Bertz CT molecular complexity index is 278. The van der Waals surface area contributed by atoms with Crippen LogP contribution in [0.25, 0.3) is 0 Å². The molecule has 1 amide bonds. The van der Waals surface area contributed by atoms with Gasteiger partial charge in [0, 0.05) is 25.4 Å². The Balaban J connectivity index is 3.35.